The van der Waals surface area contributed by atoms with Crippen LogP contribution in [0, 0.1) is 0 Å². The summed E-state index contributed by atoms with van der Waals surface area (Å²) in [5.74, 6) is 0.202. The third-order valence-electron chi connectivity index (χ3n) is 2.27. The van der Waals surface area contributed by atoms with Crippen molar-refractivity contribution in [3.63, 3.8) is 0 Å². The SMILES string of the molecule is C[S@](=O)CCNC(=O)c1cc(-c2cccs2)[nH]n1. The predicted octanol–water partition coefficient (Wildman–Crippen LogP) is 1.25. The van der Waals surface area contributed by atoms with Crippen LogP contribution in [0.5, 0.6) is 0 Å². The highest BCUT2D eigenvalue weighted by molar-refractivity contribution is 7.84. The lowest BCUT2D eigenvalue weighted by atomic mass is 10.3. The molecule has 2 aromatic rings. The first-order chi connectivity index (χ1) is 8.66. The van der Waals surface area contributed by atoms with Gasteiger partial charge in [0, 0.05) is 29.4 Å². The number of nitrogens with zero attached hydrogens (tertiary/aromatic N) is 1. The molecule has 18 heavy (non-hydrogen) atoms. The molecule has 1 atom stereocenters. The molecule has 0 radical (unpaired) electrons. The molecule has 2 rings (SSSR count). The Balaban J connectivity index is 1.97. The minimum atomic E-state index is -0.899. The first-order valence-corrected chi connectivity index (χ1v) is 7.95. The second kappa shape index (κ2) is 5.92. The molecule has 0 fully saturated rings. The van der Waals surface area contributed by atoms with Crippen molar-refractivity contribution in [1.29, 1.82) is 0 Å². The minimum absolute atomic E-state index is 0.250. The summed E-state index contributed by atoms with van der Waals surface area (Å²) in [5, 5.41) is 11.4. The lowest BCUT2D eigenvalue weighted by Gasteiger charge is -2.00. The summed E-state index contributed by atoms with van der Waals surface area (Å²) in [6.45, 7) is 0.392. The zero-order chi connectivity index (χ0) is 13.0. The molecule has 96 valence electrons. The Morgan fingerprint density at radius 1 is 1.61 bits per heavy atom. The van der Waals surface area contributed by atoms with Crippen molar-refractivity contribution in [2.24, 2.45) is 0 Å². The summed E-state index contributed by atoms with van der Waals surface area (Å²) in [7, 11) is -0.899. The van der Waals surface area contributed by atoms with E-state index in [1.165, 1.54) is 0 Å². The first kappa shape index (κ1) is 13.0. The molecule has 2 heterocycles. The number of aromatic amines is 1. The van der Waals surface area contributed by atoms with Gasteiger partial charge in [-0.2, -0.15) is 5.10 Å². The van der Waals surface area contributed by atoms with Crippen molar-refractivity contribution in [1.82, 2.24) is 15.5 Å². The Bertz CT molecular complexity index is 548. The maximum absolute atomic E-state index is 11.7. The van der Waals surface area contributed by atoms with E-state index in [9.17, 15) is 9.00 Å². The van der Waals surface area contributed by atoms with E-state index < -0.39 is 10.8 Å². The topological polar surface area (TPSA) is 74.8 Å². The van der Waals surface area contributed by atoms with Crippen LogP contribution in [0.4, 0.5) is 0 Å². The van der Waals surface area contributed by atoms with E-state index in [1.54, 1.807) is 23.7 Å². The van der Waals surface area contributed by atoms with Crippen molar-refractivity contribution in [3.05, 3.63) is 29.3 Å². The van der Waals surface area contributed by atoms with Gasteiger partial charge in [0.1, 0.15) is 0 Å². The van der Waals surface area contributed by atoms with Gasteiger partial charge in [-0.1, -0.05) is 6.07 Å². The van der Waals surface area contributed by atoms with Crippen molar-refractivity contribution in [2.45, 2.75) is 0 Å². The number of nitrogens with one attached hydrogen (secondary N) is 2. The number of hydrogen-bond acceptors (Lipinski definition) is 4. The molecule has 0 spiro atoms. The average molecular weight is 283 g/mol. The summed E-state index contributed by atoms with van der Waals surface area (Å²) < 4.78 is 10.9. The van der Waals surface area contributed by atoms with Gasteiger partial charge in [0.05, 0.1) is 10.6 Å². The van der Waals surface area contributed by atoms with E-state index in [0.717, 1.165) is 10.6 Å². The van der Waals surface area contributed by atoms with Crippen molar-refractivity contribution >= 4 is 28.0 Å². The van der Waals surface area contributed by atoms with Gasteiger partial charge in [0.25, 0.3) is 5.91 Å². The molecule has 2 N–H and O–H groups in total. The van der Waals surface area contributed by atoms with Gasteiger partial charge in [0.2, 0.25) is 0 Å². The molecule has 0 unspecified atom stereocenters. The van der Waals surface area contributed by atoms with Gasteiger partial charge in [-0.15, -0.1) is 11.3 Å². The van der Waals surface area contributed by atoms with Crippen LogP contribution in [0.25, 0.3) is 10.6 Å². The molecule has 0 aliphatic heterocycles. The Morgan fingerprint density at radius 3 is 3.11 bits per heavy atom. The Labute approximate surface area is 111 Å². The van der Waals surface area contributed by atoms with Gasteiger partial charge in [-0.25, -0.2) is 0 Å². The zero-order valence-electron chi connectivity index (χ0n) is 9.80. The first-order valence-electron chi connectivity index (χ1n) is 5.34. The summed E-state index contributed by atoms with van der Waals surface area (Å²) in [6.07, 6.45) is 1.61. The Kier molecular flexibility index (Phi) is 4.27. The van der Waals surface area contributed by atoms with Gasteiger partial charge in [-0.3, -0.25) is 14.1 Å². The lowest BCUT2D eigenvalue weighted by Crippen LogP contribution is -2.27. The number of aromatic nitrogens is 2. The van der Waals surface area contributed by atoms with Crippen LogP contribution in [0.2, 0.25) is 0 Å². The number of thiophene rings is 1. The van der Waals surface area contributed by atoms with Crippen molar-refractivity contribution in [2.75, 3.05) is 18.6 Å². The quantitative estimate of drug-likeness (QED) is 0.867. The highest BCUT2D eigenvalue weighted by Gasteiger charge is 2.11. The second-order valence-corrected chi connectivity index (χ2v) is 6.18. The fourth-order valence-corrected chi connectivity index (χ4v) is 2.48. The van der Waals surface area contributed by atoms with Crippen LogP contribution >= 0.6 is 11.3 Å². The van der Waals surface area contributed by atoms with Gasteiger partial charge in [-0.05, 0) is 17.5 Å². The number of carbonyl (C=O) groups is 1. The second-order valence-electron chi connectivity index (χ2n) is 3.68. The Morgan fingerprint density at radius 2 is 2.44 bits per heavy atom. The lowest BCUT2D eigenvalue weighted by molar-refractivity contribution is 0.0951. The summed E-state index contributed by atoms with van der Waals surface area (Å²) in [4.78, 5) is 12.8. The number of hydrogen-bond donors (Lipinski definition) is 2. The third kappa shape index (κ3) is 3.27. The standard InChI is InChI=1S/C11H13N3O2S2/c1-18(16)6-4-12-11(15)9-7-8(13-14-9)10-3-2-5-17-10/h2-3,5,7H,4,6H2,1H3,(H,12,15)(H,13,14)/t18-/m0/s1. The molecule has 0 aliphatic carbocycles. The molecular formula is C11H13N3O2S2. The fraction of sp³-hybridized carbons (Fsp3) is 0.273. The zero-order valence-corrected chi connectivity index (χ0v) is 11.4. The van der Waals surface area contributed by atoms with E-state index in [4.69, 9.17) is 0 Å². The molecule has 0 saturated carbocycles. The van der Waals surface area contributed by atoms with Crippen LogP contribution in [0.3, 0.4) is 0 Å². The molecule has 0 aromatic carbocycles. The van der Waals surface area contributed by atoms with Gasteiger partial charge in [0.15, 0.2) is 5.69 Å². The molecule has 0 saturated heterocycles. The van der Waals surface area contributed by atoms with Crippen molar-refractivity contribution < 1.29 is 9.00 Å². The Hall–Kier alpha value is -1.47. The van der Waals surface area contributed by atoms with Crippen LogP contribution in [0.15, 0.2) is 23.6 Å². The van der Waals surface area contributed by atoms with Gasteiger partial charge >= 0.3 is 0 Å². The number of carbonyl (C=O) groups excluding carboxylic acids is 1. The maximum Gasteiger partial charge on any atom is 0.271 e. The van der Waals surface area contributed by atoms with E-state index in [1.807, 2.05) is 17.5 Å². The fourth-order valence-electron chi connectivity index (χ4n) is 1.39. The predicted molar refractivity (Wildman–Crippen MR) is 73.2 cm³/mol. The maximum atomic E-state index is 11.7. The summed E-state index contributed by atoms with van der Waals surface area (Å²) in [5.41, 5.74) is 1.18. The van der Waals surface area contributed by atoms with E-state index in [0.29, 0.717) is 18.0 Å². The largest absolute Gasteiger partial charge is 0.350 e. The molecule has 5 nitrogen and oxygen atoms in total. The highest BCUT2D eigenvalue weighted by Crippen LogP contribution is 2.22. The molecule has 0 aliphatic rings. The molecule has 7 heteroatoms. The number of rotatable bonds is 5. The molecular weight excluding hydrogens is 270 g/mol. The van der Waals surface area contributed by atoms with Crippen LogP contribution < -0.4 is 5.32 Å². The number of H-pyrrole nitrogens is 1. The van der Waals surface area contributed by atoms with Gasteiger partial charge < -0.3 is 5.32 Å². The van der Waals surface area contributed by atoms with E-state index >= 15 is 0 Å². The van der Waals surface area contributed by atoms with Crippen LogP contribution in [-0.4, -0.2) is 38.9 Å². The molecule has 0 bridgehead atoms. The third-order valence-corrected chi connectivity index (χ3v) is 3.95. The molecule has 1 amide bonds. The minimum Gasteiger partial charge on any atom is -0.350 e. The van der Waals surface area contributed by atoms with E-state index in [-0.39, 0.29) is 5.91 Å². The normalized spacial score (nSPS) is 12.3. The summed E-state index contributed by atoms with van der Waals surface area (Å²) in [6, 6.07) is 5.61. The average Bonchev–Trinajstić information content (AvgIpc) is 2.99. The van der Waals surface area contributed by atoms with E-state index in [2.05, 4.69) is 15.5 Å². The molecule has 2 aromatic heterocycles. The summed E-state index contributed by atoms with van der Waals surface area (Å²) >= 11 is 1.58. The van der Waals surface area contributed by atoms with Crippen molar-refractivity contribution in [3.8, 4) is 10.6 Å². The number of amides is 1. The smallest absolute Gasteiger partial charge is 0.271 e. The monoisotopic (exact) mass is 283 g/mol. The van der Waals surface area contributed by atoms with Crippen LogP contribution in [-0.2, 0) is 10.8 Å². The van der Waals surface area contributed by atoms with Crippen LogP contribution in [0.1, 0.15) is 10.5 Å². The highest BCUT2D eigenvalue weighted by atomic mass is 32.2.